The number of hydrogen-bond acceptors (Lipinski definition) is 16. The van der Waals surface area contributed by atoms with Gasteiger partial charge in [-0.05, 0) is 47.6 Å². The van der Waals surface area contributed by atoms with Gasteiger partial charge in [0.15, 0.2) is 24.1 Å². The van der Waals surface area contributed by atoms with Gasteiger partial charge < -0.3 is 79.5 Å². The second-order valence-corrected chi connectivity index (χ2v) is 12.3. The maximum Gasteiger partial charge on any atom is 0.187 e. The number of aliphatic hydroxyl groups is 8. The van der Waals surface area contributed by atoms with Crippen molar-refractivity contribution in [3.05, 3.63) is 47.0 Å². The third kappa shape index (κ3) is 6.94. The first-order chi connectivity index (χ1) is 23.0. The standard InChI is InChI=1S/C32H44O16/c1-43-16-6-14-5-15(9-33)17(23(24(14)19(37)8-16)13-3-4-18(36)20(7-13)44-2)12-45-32-30(28(41)26(39)22(11-35)47-32)48-31-29(42)27(40)25(38)21(10-34)46-31/h3-4,6-8,15,17,21-23,25-42H,5,9-12H2,1-2H3/t15?,17?,21-,22-,23?,25-,26-,27+,28+,29-,30-,31+,32+/m1/s1. The molecular formula is C32H44O16. The fourth-order valence-electron chi connectivity index (χ4n) is 6.84. The monoisotopic (exact) mass is 684 g/mol. The molecule has 3 aliphatic rings. The molecule has 2 aromatic rings. The summed E-state index contributed by atoms with van der Waals surface area (Å²) in [7, 11) is 2.85. The molecule has 10 N–H and O–H groups in total. The van der Waals surface area contributed by atoms with Gasteiger partial charge in [0.1, 0.15) is 60.3 Å². The molecule has 1 aliphatic carbocycles. The molecule has 0 bridgehead atoms. The molecule has 2 saturated heterocycles. The summed E-state index contributed by atoms with van der Waals surface area (Å²) < 4.78 is 33.9. The number of aromatic hydroxyl groups is 2. The number of fused-ring (bicyclic) bond motifs is 1. The van der Waals surface area contributed by atoms with Crippen LogP contribution >= 0.6 is 0 Å². The summed E-state index contributed by atoms with van der Waals surface area (Å²) in [5, 5.41) is 104. The van der Waals surface area contributed by atoms with Crippen LogP contribution in [0.1, 0.15) is 22.6 Å². The summed E-state index contributed by atoms with van der Waals surface area (Å²) in [6.45, 7) is -1.98. The second-order valence-electron chi connectivity index (χ2n) is 12.3. The summed E-state index contributed by atoms with van der Waals surface area (Å²) in [6, 6.07) is 7.90. The van der Waals surface area contributed by atoms with E-state index < -0.39 is 92.4 Å². The molecule has 0 saturated carbocycles. The van der Waals surface area contributed by atoms with E-state index in [4.69, 9.17) is 28.4 Å². The number of hydrogen-bond donors (Lipinski definition) is 10. The summed E-state index contributed by atoms with van der Waals surface area (Å²) in [5.41, 5.74) is 1.82. The Morgan fingerprint density at radius 2 is 1.40 bits per heavy atom. The molecule has 3 unspecified atom stereocenters. The van der Waals surface area contributed by atoms with Crippen LogP contribution < -0.4 is 9.47 Å². The molecule has 16 nitrogen and oxygen atoms in total. The number of phenolic OH excluding ortho intramolecular Hbond substituents is 2. The van der Waals surface area contributed by atoms with Crippen LogP contribution in [-0.2, 0) is 25.4 Å². The average molecular weight is 685 g/mol. The molecule has 268 valence electrons. The van der Waals surface area contributed by atoms with Gasteiger partial charge in [-0.2, -0.15) is 0 Å². The highest BCUT2D eigenvalue weighted by Crippen LogP contribution is 2.50. The fourth-order valence-corrected chi connectivity index (χ4v) is 6.84. The summed E-state index contributed by atoms with van der Waals surface area (Å²) >= 11 is 0. The number of rotatable bonds is 11. The highest BCUT2D eigenvalue weighted by Gasteiger charge is 2.51. The van der Waals surface area contributed by atoms with E-state index in [0.717, 1.165) is 0 Å². The summed E-state index contributed by atoms with van der Waals surface area (Å²) in [5.74, 6) is -1.38. The van der Waals surface area contributed by atoms with Gasteiger partial charge in [0.05, 0.1) is 34.0 Å². The Bertz CT molecular complexity index is 1370. The van der Waals surface area contributed by atoms with Crippen LogP contribution in [0, 0.1) is 11.8 Å². The molecule has 16 heteroatoms. The van der Waals surface area contributed by atoms with Crippen LogP contribution in [0.5, 0.6) is 23.0 Å². The predicted molar refractivity (Wildman–Crippen MR) is 161 cm³/mol. The molecule has 48 heavy (non-hydrogen) atoms. The first kappa shape index (κ1) is 36.4. The van der Waals surface area contributed by atoms with Crippen molar-refractivity contribution in [2.75, 3.05) is 40.6 Å². The molecule has 2 aromatic carbocycles. The lowest BCUT2D eigenvalue weighted by Gasteiger charge is -2.46. The minimum absolute atomic E-state index is 0.0839. The molecular weight excluding hydrogens is 640 g/mol. The molecule has 0 radical (unpaired) electrons. The van der Waals surface area contributed by atoms with E-state index in [0.29, 0.717) is 28.9 Å². The third-order valence-corrected chi connectivity index (χ3v) is 9.49. The van der Waals surface area contributed by atoms with Gasteiger partial charge in [-0.1, -0.05) is 6.07 Å². The Morgan fingerprint density at radius 1 is 0.729 bits per heavy atom. The summed E-state index contributed by atoms with van der Waals surface area (Å²) in [4.78, 5) is 0. The number of ether oxygens (including phenoxy) is 6. The molecule has 0 aromatic heterocycles. The SMILES string of the molecule is COc1cc(O)c2c(c1)CC(CO)C(CO[C@H]1O[C@H](CO)[C@@H](O)[C@H](O)[C@H]1O[C@@H]1O[C@H](CO)[C@@H](O)[C@H](O)[C@H]1O)C2c1ccc(O)c(OC)c1. The van der Waals surface area contributed by atoms with Crippen LogP contribution in [0.3, 0.4) is 0 Å². The molecule has 5 rings (SSSR count). The van der Waals surface area contributed by atoms with Crippen molar-refractivity contribution < 1.29 is 79.5 Å². The fraction of sp³-hybridized carbons (Fsp3) is 0.625. The van der Waals surface area contributed by atoms with Gasteiger partial charge >= 0.3 is 0 Å². The summed E-state index contributed by atoms with van der Waals surface area (Å²) in [6.07, 6.45) is -16.0. The van der Waals surface area contributed by atoms with Crippen molar-refractivity contribution in [3.8, 4) is 23.0 Å². The highest BCUT2D eigenvalue weighted by molar-refractivity contribution is 5.55. The number of phenols is 2. The van der Waals surface area contributed by atoms with E-state index in [1.54, 1.807) is 18.2 Å². The van der Waals surface area contributed by atoms with E-state index in [1.807, 2.05) is 0 Å². The van der Waals surface area contributed by atoms with E-state index in [9.17, 15) is 51.1 Å². The maximum absolute atomic E-state index is 11.2. The second kappa shape index (κ2) is 15.4. The first-order valence-electron chi connectivity index (χ1n) is 15.5. The minimum Gasteiger partial charge on any atom is -0.507 e. The molecule has 13 atom stereocenters. The molecule has 0 amide bonds. The molecule has 2 fully saturated rings. The number of benzene rings is 2. The predicted octanol–water partition coefficient (Wildman–Crippen LogP) is -2.33. The van der Waals surface area contributed by atoms with Crippen LogP contribution in [-0.4, -0.2) is 153 Å². The van der Waals surface area contributed by atoms with Gasteiger partial charge in [-0.25, -0.2) is 0 Å². The first-order valence-corrected chi connectivity index (χ1v) is 15.5. The topological polar surface area (TPSA) is 258 Å². The Hall–Kier alpha value is -2.84. The lowest BCUT2D eigenvalue weighted by Crippen LogP contribution is -2.64. The Kier molecular flexibility index (Phi) is 11.7. The van der Waals surface area contributed by atoms with Crippen molar-refractivity contribution >= 4 is 0 Å². The Morgan fingerprint density at radius 3 is 2.02 bits per heavy atom. The van der Waals surface area contributed by atoms with E-state index in [2.05, 4.69) is 0 Å². The Labute approximate surface area is 275 Å². The van der Waals surface area contributed by atoms with Crippen molar-refractivity contribution in [1.82, 2.24) is 0 Å². The largest absolute Gasteiger partial charge is 0.507 e. The van der Waals surface area contributed by atoms with Gasteiger partial charge in [0, 0.05) is 24.2 Å². The van der Waals surface area contributed by atoms with E-state index in [1.165, 1.54) is 26.4 Å². The van der Waals surface area contributed by atoms with Crippen LogP contribution in [0.15, 0.2) is 30.3 Å². The zero-order valence-electron chi connectivity index (χ0n) is 26.3. The smallest absolute Gasteiger partial charge is 0.187 e. The van der Waals surface area contributed by atoms with Crippen LogP contribution in [0.25, 0.3) is 0 Å². The number of methoxy groups -OCH3 is 2. The number of aliphatic hydroxyl groups excluding tert-OH is 8. The lowest BCUT2D eigenvalue weighted by atomic mass is 9.66. The van der Waals surface area contributed by atoms with Gasteiger partial charge in [-0.3, -0.25) is 0 Å². The zero-order chi connectivity index (χ0) is 34.9. The molecule has 0 spiro atoms. The molecule has 2 aliphatic heterocycles. The van der Waals surface area contributed by atoms with Gasteiger partial charge in [-0.15, -0.1) is 0 Å². The van der Waals surface area contributed by atoms with E-state index in [-0.39, 0.29) is 30.5 Å². The lowest BCUT2D eigenvalue weighted by molar-refractivity contribution is -0.368. The van der Waals surface area contributed by atoms with Crippen LogP contribution in [0.4, 0.5) is 0 Å². The minimum atomic E-state index is -1.84. The highest BCUT2D eigenvalue weighted by atomic mass is 16.8. The van der Waals surface area contributed by atoms with Gasteiger partial charge in [0.25, 0.3) is 0 Å². The van der Waals surface area contributed by atoms with E-state index >= 15 is 0 Å². The van der Waals surface area contributed by atoms with Gasteiger partial charge in [0.2, 0.25) is 0 Å². The zero-order valence-corrected chi connectivity index (χ0v) is 26.3. The normalized spacial score (nSPS) is 36.8. The molecule has 2 heterocycles. The average Bonchev–Trinajstić information content (AvgIpc) is 3.09. The van der Waals surface area contributed by atoms with Crippen molar-refractivity contribution in [2.24, 2.45) is 11.8 Å². The maximum atomic E-state index is 11.2. The van der Waals surface area contributed by atoms with Crippen molar-refractivity contribution in [3.63, 3.8) is 0 Å². The van der Waals surface area contributed by atoms with Crippen LogP contribution in [0.2, 0.25) is 0 Å². The quantitative estimate of drug-likeness (QED) is 0.119. The third-order valence-electron chi connectivity index (χ3n) is 9.49. The Balaban J connectivity index is 1.49. The van der Waals surface area contributed by atoms with Crippen molar-refractivity contribution in [2.45, 2.75) is 73.8 Å². The van der Waals surface area contributed by atoms with Crippen molar-refractivity contribution in [1.29, 1.82) is 0 Å².